The van der Waals surface area contributed by atoms with E-state index in [0.29, 0.717) is 25.9 Å². The normalized spacial score (nSPS) is 18.5. The molecule has 1 heterocycles. The average molecular weight is 441 g/mol. The fourth-order valence-electron chi connectivity index (χ4n) is 4.66. The van der Waals surface area contributed by atoms with E-state index in [-0.39, 0.29) is 23.6 Å². The van der Waals surface area contributed by atoms with Gasteiger partial charge in [-0.25, -0.2) is 12.7 Å². The minimum Gasteiger partial charge on any atom is -0.349 e. The number of carbonyl (C=O) groups is 1. The number of carbonyl (C=O) groups excluding carboxylic acids is 1. The Balaban J connectivity index is 1.30. The van der Waals surface area contributed by atoms with Crippen molar-refractivity contribution in [2.75, 3.05) is 13.1 Å². The average Bonchev–Trinajstić information content (AvgIpc) is 3.23. The Kier molecular flexibility index (Phi) is 6.49. The number of aryl methyl sites for hydroxylation is 3. The molecule has 0 bridgehead atoms. The molecule has 0 spiro atoms. The van der Waals surface area contributed by atoms with Crippen LogP contribution in [0, 0.1) is 12.8 Å². The highest BCUT2D eigenvalue weighted by molar-refractivity contribution is 7.88. The van der Waals surface area contributed by atoms with Gasteiger partial charge in [-0.05, 0) is 68.2 Å². The first kappa shape index (κ1) is 22.0. The fourth-order valence-corrected chi connectivity index (χ4v) is 6.22. The number of benzene rings is 2. The monoisotopic (exact) mass is 440 g/mol. The van der Waals surface area contributed by atoms with Crippen LogP contribution in [0.4, 0.5) is 0 Å². The Hall–Kier alpha value is -2.18. The summed E-state index contributed by atoms with van der Waals surface area (Å²) in [5, 5.41) is 3.15. The summed E-state index contributed by atoms with van der Waals surface area (Å²) in [5.41, 5.74) is 5.90. The Morgan fingerprint density at radius 3 is 2.45 bits per heavy atom. The van der Waals surface area contributed by atoms with Gasteiger partial charge in [-0.2, -0.15) is 0 Å². The Labute approximate surface area is 185 Å². The Bertz CT molecular complexity index is 1040. The predicted octanol–water partition coefficient (Wildman–Crippen LogP) is 3.90. The van der Waals surface area contributed by atoms with Gasteiger partial charge < -0.3 is 5.32 Å². The van der Waals surface area contributed by atoms with Crippen molar-refractivity contribution in [1.82, 2.24) is 9.62 Å². The van der Waals surface area contributed by atoms with E-state index in [1.165, 1.54) is 17.5 Å². The summed E-state index contributed by atoms with van der Waals surface area (Å²) < 4.78 is 27.1. The number of hydrogen-bond donors (Lipinski definition) is 1. The van der Waals surface area contributed by atoms with Crippen LogP contribution in [0.1, 0.15) is 60.0 Å². The van der Waals surface area contributed by atoms with Crippen molar-refractivity contribution in [3.63, 3.8) is 0 Å². The molecule has 1 aliphatic heterocycles. The maximum absolute atomic E-state index is 12.8. The molecule has 2 aromatic rings. The van der Waals surface area contributed by atoms with Crippen molar-refractivity contribution >= 4 is 15.9 Å². The van der Waals surface area contributed by atoms with E-state index in [1.54, 1.807) is 4.31 Å². The summed E-state index contributed by atoms with van der Waals surface area (Å²) in [6, 6.07) is 14.1. The molecule has 1 fully saturated rings. The van der Waals surface area contributed by atoms with Gasteiger partial charge in [0.15, 0.2) is 0 Å². The zero-order valence-corrected chi connectivity index (χ0v) is 19.2. The van der Waals surface area contributed by atoms with Crippen LogP contribution in [0.15, 0.2) is 42.5 Å². The second-order valence-electron chi connectivity index (χ2n) is 9.03. The molecule has 0 aromatic heterocycles. The zero-order chi connectivity index (χ0) is 22.0. The van der Waals surface area contributed by atoms with Gasteiger partial charge in [0.05, 0.1) is 11.8 Å². The van der Waals surface area contributed by atoms with Crippen LogP contribution in [-0.2, 0) is 33.4 Å². The summed E-state index contributed by atoms with van der Waals surface area (Å²) >= 11 is 0. The van der Waals surface area contributed by atoms with E-state index < -0.39 is 10.0 Å². The van der Waals surface area contributed by atoms with E-state index in [1.807, 2.05) is 38.1 Å². The highest BCUT2D eigenvalue weighted by atomic mass is 32.2. The molecule has 2 aliphatic rings. The predicted molar refractivity (Wildman–Crippen MR) is 123 cm³/mol. The van der Waals surface area contributed by atoms with Gasteiger partial charge in [-0.3, -0.25) is 4.79 Å². The summed E-state index contributed by atoms with van der Waals surface area (Å²) in [6.07, 6.45) is 4.62. The summed E-state index contributed by atoms with van der Waals surface area (Å²) in [4.78, 5) is 12.8. The molecule has 5 nitrogen and oxygen atoms in total. The summed E-state index contributed by atoms with van der Waals surface area (Å²) in [5.74, 6) is -0.0919. The molecule has 166 valence electrons. The van der Waals surface area contributed by atoms with Gasteiger partial charge in [-0.1, -0.05) is 48.0 Å². The minimum atomic E-state index is -3.37. The van der Waals surface area contributed by atoms with Crippen LogP contribution in [0.25, 0.3) is 0 Å². The van der Waals surface area contributed by atoms with E-state index in [2.05, 4.69) is 23.5 Å². The lowest BCUT2D eigenvalue weighted by atomic mass is 9.96. The van der Waals surface area contributed by atoms with Crippen molar-refractivity contribution in [2.24, 2.45) is 5.92 Å². The number of nitrogens with zero attached hydrogens (tertiary/aromatic N) is 1. The Morgan fingerprint density at radius 1 is 1.06 bits per heavy atom. The molecule has 0 saturated carbocycles. The SMILES string of the molecule is Cc1ccc(CS(=O)(=O)N2CCC(C(=O)N[C@H](C)c3ccc4c(c3)CCC4)CC2)cc1. The van der Waals surface area contributed by atoms with Crippen molar-refractivity contribution in [3.05, 3.63) is 70.3 Å². The molecule has 1 aliphatic carbocycles. The molecule has 4 rings (SSSR count). The molecule has 0 radical (unpaired) electrons. The molecule has 1 amide bonds. The molecular formula is C25H32N2O3S. The number of hydrogen-bond acceptors (Lipinski definition) is 3. The molecule has 1 N–H and O–H groups in total. The lowest BCUT2D eigenvalue weighted by Crippen LogP contribution is -2.43. The fraction of sp³-hybridized carbons (Fsp3) is 0.480. The molecule has 1 atom stereocenters. The van der Waals surface area contributed by atoms with E-state index in [0.717, 1.165) is 29.5 Å². The molecule has 31 heavy (non-hydrogen) atoms. The van der Waals surface area contributed by atoms with Gasteiger partial charge in [0, 0.05) is 19.0 Å². The van der Waals surface area contributed by atoms with Crippen LogP contribution >= 0.6 is 0 Å². The quantitative estimate of drug-likeness (QED) is 0.741. The molecule has 1 saturated heterocycles. The molecule has 2 aromatic carbocycles. The highest BCUT2D eigenvalue weighted by Crippen LogP contribution is 2.27. The minimum absolute atomic E-state index is 0.0134. The van der Waals surface area contributed by atoms with Crippen LogP contribution < -0.4 is 5.32 Å². The second-order valence-corrected chi connectivity index (χ2v) is 11.0. The number of piperidine rings is 1. The molecular weight excluding hydrogens is 408 g/mol. The maximum atomic E-state index is 12.8. The van der Waals surface area contributed by atoms with Gasteiger partial charge in [0.2, 0.25) is 15.9 Å². The summed E-state index contributed by atoms with van der Waals surface area (Å²) in [7, 11) is -3.37. The third-order valence-corrected chi connectivity index (χ3v) is 8.52. The van der Waals surface area contributed by atoms with E-state index in [9.17, 15) is 13.2 Å². The third kappa shape index (κ3) is 5.18. The van der Waals surface area contributed by atoms with Crippen molar-refractivity contribution in [2.45, 2.75) is 57.7 Å². The number of sulfonamides is 1. The number of fused-ring (bicyclic) bond motifs is 1. The smallest absolute Gasteiger partial charge is 0.223 e. The summed E-state index contributed by atoms with van der Waals surface area (Å²) in [6.45, 7) is 4.81. The van der Waals surface area contributed by atoms with Crippen LogP contribution in [-0.4, -0.2) is 31.7 Å². The van der Waals surface area contributed by atoms with Crippen molar-refractivity contribution < 1.29 is 13.2 Å². The second kappa shape index (κ2) is 9.13. The number of nitrogens with one attached hydrogen (secondary N) is 1. The van der Waals surface area contributed by atoms with E-state index >= 15 is 0 Å². The topological polar surface area (TPSA) is 66.5 Å². The van der Waals surface area contributed by atoms with Crippen molar-refractivity contribution in [3.8, 4) is 0 Å². The van der Waals surface area contributed by atoms with Crippen LogP contribution in [0.5, 0.6) is 0 Å². The van der Waals surface area contributed by atoms with Gasteiger partial charge in [0.25, 0.3) is 0 Å². The highest BCUT2D eigenvalue weighted by Gasteiger charge is 2.31. The Morgan fingerprint density at radius 2 is 1.74 bits per heavy atom. The zero-order valence-electron chi connectivity index (χ0n) is 18.4. The lowest BCUT2D eigenvalue weighted by molar-refractivity contribution is -0.126. The number of rotatable bonds is 6. The molecule has 6 heteroatoms. The standard InChI is InChI=1S/C25H32N2O3S/c1-18-6-8-20(9-7-18)17-31(29,30)27-14-12-22(13-15-27)25(28)26-19(2)23-11-10-21-4-3-5-24(21)16-23/h6-11,16,19,22H,3-5,12-15,17H2,1-2H3,(H,26,28)/t19-/m1/s1. The lowest BCUT2D eigenvalue weighted by Gasteiger charge is -2.31. The van der Waals surface area contributed by atoms with Gasteiger partial charge >= 0.3 is 0 Å². The largest absolute Gasteiger partial charge is 0.349 e. The van der Waals surface area contributed by atoms with Crippen LogP contribution in [0.3, 0.4) is 0 Å². The first-order valence-corrected chi connectivity index (χ1v) is 12.9. The third-order valence-electron chi connectivity index (χ3n) is 6.67. The first-order valence-electron chi connectivity index (χ1n) is 11.3. The van der Waals surface area contributed by atoms with Crippen molar-refractivity contribution in [1.29, 1.82) is 0 Å². The van der Waals surface area contributed by atoms with E-state index in [4.69, 9.17) is 0 Å². The van der Waals surface area contributed by atoms with Gasteiger partial charge in [-0.15, -0.1) is 0 Å². The maximum Gasteiger partial charge on any atom is 0.223 e. The van der Waals surface area contributed by atoms with Crippen LogP contribution in [0.2, 0.25) is 0 Å². The van der Waals surface area contributed by atoms with Gasteiger partial charge in [0.1, 0.15) is 0 Å². The molecule has 0 unspecified atom stereocenters. The number of amides is 1. The first-order chi connectivity index (χ1) is 14.8.